The van der Waals surface area contributed by atoms with E-state index < -0.39 is 0 Å². The van der Waals surface area contributed by atoms with Crippen molar-refractivity contribution in [2.75, 3.05) is 6.54 Å². The Bertz CT molecular complexity index is 1400. The van der Waals surface area contributed by atoms with Crippen molar-refractivity contribution in [3.05, 3.63) is 136 Å². The maximum Gasteiger partial charge on any atom is 0.255 e. The fourth-order valence-corrected chi connectivity index (χ4v) is 5.06. The predicted octanol–water partition coefficient (Wildman–Crippen LogP) is 7.38. The van der Waals surface area contributed by atoms with Crippen LogP contribution in [0.5, 0.6) is 0 Å². The minimum atomic E-state index is -0.207. The largest absolute Gasteiger partial charge is 0.340 e. The number of benzene rings is 4. The topological polar surface area (TPSA) is 49.0 Å². The minimum Gasteiger partial charge on any atom is -0.340 e. The smallest absolute Gasteiger partial charge is 0.255 e. The fraction of sp³-hybridized carbons (Fsp3) is 0.161. The number of aromatic nitrogens is 2. The number of nitrogens with zero attached hydrogens (tertiary/aromatic N) is 2. The summed E-state index contributed by atoms with van der Waals surface area (Å²) in [4.78, 5) is 24.5. The van der Waals surface area contributed by atoms with E-state index in [2.05, 4.69) is 57.3 Å². The van der Waals surface area contributed by atoms with Gasteiger partial charge in [-0.05, 0) is 70.6 Å². The number of rotatable bonds is 9. The maximum atomic E-state index is 14.1. The zero-order valence-corrected chi connectivity index (χ0v) is 21.6. The number of carbonyl (C=O) groups is 1. The molecule has 5 aromatic rings. The second-order valence-electron chi connectivity index (χ2n) is 8.89. The molecule has 180 valence electrons. The van der Waals surface area contributed by atoms with Gasteiger partial charge in [-0.25, -0.2) is 4.98 Å². The summed E-state index contributed by atoms with van der Waals surface area (Å²) in [7, 11) is 0. The number of aryl methyl sites for hydroxylation is 1. The third-order valence-corrected chi connectivity index (χ3v) is 7.19. The van der Waals surface area contributed by atoms with Gasteiger partial charge in [0.15, 0.2) is 0 Å². The summed E-state index contributed by atoms with van der Waals surface area (Å²) in [5, 5.41) is 0. The second kappa shape index (κ2) is 11.4. The van der Waals surface area contributed by atoms with Gasteiger partial charge in [-0.1, -0.05) is 84.9 Å². The van der Waals surface area contributed by atoms with Crippen molar-refractivity contribution in [3.8, 4) is 0 Å². The van der Waals surface area contributed by atoms with Gasteiger partial charge in [-0.3, -0.25) is 4.79 Å². The summed E-state index contributed by atoms with van der Waals surface area (Å²) >= 11 is 3.60. The maximum absolute atomic E-state index is 14.1. The molecule has 1 N–H and O–H groups in total. The molecule has 1 heterocycles. The van der Waals surface area contributed by atoms with E-state index in [4.69, 9.17) is 4.98 Å². The van der Waals surface area contributed by atoms with Crippen molar-refractivity contribution in [2.45, 2.75) is 25.3 Å². The van der Waals surface area contributed by atoms with E-state index in [9.17, 15) is 4.79 Å². The molecule has 0 saturated carbocycles. The second-order valence-corrected chi connectivity index (χ2v) is 9.75. The molecule has 0 saturated heterocycles. The molecular weight excluding hydrogens is 510 g/mol. The number of fused-ring (bicyclic) bond motifs is 1. The summed E-state index contributed by atoms with van der Waals surface area (Å²) in [6.07, 6.45) is 2.36. The first-order valence-corrected chi connectivity index (χ1v) is 13.1. The van der Waals surface area contributed by atoms with E-state index in [0.29, 0.717) is 12.1 Å². The van der Waals surface area contributed by atoms with E-state index in [1.165, 1.54) is 11.1 Å². The lowest BCUT2D eigenvalue weighted by Crippen LogP contribution is -2.37. The zero-order chi connectivity index (χ0) is 24.7. The van der Waals surface area contributed by atoms with Gasteiger partial charge >= 0.3 is 0 Å². The van der Waals surface area contributed by atoms with Gasteiger partial charge in [0.1, 0.15) is 5.82 Å². The number of amides is 1. The third kappa shape index (κ3) is 5.58. The van der Waals surface area contributed by atoms with Crippen molar-refractivity contribution in [2.24, 2.45) is 0 Å². The molecule has 4 nitrogen and oxygen atoms in total. The van der Waals surface area contributed by atoms with Gasteiger partial charge in [0, 0.05) is 11.0 Å². The van der Waals surface area contributed by atoms with Gasteiger partial charge in [-0.15, -0.1) is 0 Å². The number of aromatic amines is 1. The first kappa shape index (κ1) is 24.0. The minimum absolute atomic E-state index is 0.00285. The Balaban J connectivity index is 1.54. The van der Waals surface area contributed by atoms with Crippen molar-refractivity contribution >= 4 is 32.9 Å². The molecule has 0 aliphatic heterocycles. The predicted molar refractivity (Wildman–Crippen MR) is 149 cm³/mol. The number of carbonyl (C=O) groups excluding carboxylic acids is 1. The van der Waals surface area contributed by atoms with Crippen LogP contribution in [-0.2, 0) is 12.8 Å². The molecular formula is C31H28BrN3O. The van der Waals surface area contributed by atoms with Gasteiger partial charge in [0.05, 0.1) is 22.6 Å². The summed E-state index contributed by atoms with van der Waals surface area (Å²) in [5.74, 6) is 0.817. The Hall–Kier alpha value is -3.70. The fourth-order valence-electron chi connectivity index (χ4n) is 4.60. The Morgan fingerprint density at radius 3 is 2.08 bits per heavy atom. The Labute approximate surface area is 220 Å². The highest BCUT2D eigenvalue weighted by molar-refractivity contribution is 9.10. The number of H-pyrrole nitrogens is 1. The molecule has 0 aliphatic rings. The molecule has 0 aliphatic carbocycles. The molecule has 1 aromatic heterocycles. The molecule has 0 radical (unpaired) electrons. The molecule has 1 unspecified atom stereocenters. The highest BCUT2D eigenvalue weighted by Gasteiger charge is 2.29. The van der Waals surface area contributed by atoms with E-state index in [0.717, 1.165) is 40.6 Å². The Morgan fingerprint density at radius 1 is 0.778 bits per heavy atom. The van der Waals surface area contributed by atoms with Crippen LogP contribution in [0.4, 0.5) is 0 Å². The van der Waals surface area contributed by atoms with Gasteiger partial charge in [0.25, 0.3) is 5.91 Å². The lowest BCUT2D eigenvalue weighted by Gasteiger charge is -2.31. The van der Waals surface area contributed by atoms with E-state index in [1.807, 2.05) is 77.7 Å². The number of halogens is 1. The first-order chi connectivity index (χ1) is 17.7. The third-order valence-electron chi connectivity index (χ3n) is 6.50. The highest BCUT2D eigenvalue weighted by Crippen LogP contribution is 2.30. The summed E-state index contributed by atoms with van der Waals surface area (Å²) in [6.45, 7) is 0.584. The number of hydrogen-bond acceptors (Lipinski definition) is 2. The van der Waals surface area contributed by atoms with Crippen molar-refractivity contribution in [1.82, 2.24) is 14.9 Å². The summed E-state index contributed by atoms with van der Waals surface area (Å²) in [6, 6.07) is 36.2. The van der Waals surface area contributed by atoms with Crippen LogP contribution in [0, 0.1) is 0 Å². The standard InChI is InChI=1S/C31H28BrN3O/c32-26-16-8-7-15-25(26)31(36)35(22-21-24-13-5-2-6-14-24)29(20-19-23-11-3-1-4-12-23)30-33-27-17-9-10-18-28(27)34-30/h1-18,29H,19-22H2,(H,33,34). The number of imidazole rings is 1. The van der Waals surface area contributed by atoms with Crippen LogP contribution in [0.2, 0.25) is 0 Å². The molecule has 1 atom stereocenters. The van der Waals surface area contributed by atoms with Crippen molar-refractivity contribution < 1.29 is 4.79 Å². The van der Waals surface area contributed by atoms with Crippen LogP contribution in [-0.4, -0.2) is 27.3 Å². The monoisotopic (exact) mass is 537 g/mol. The van der Waals surface area contributed by atoms with Crippen LogP contribution in [0.3, 0.4) is 0 Å². The lowest BCUT2D eigenvalue weighted by molar-refractivity contribution is 0.0659. The molecule has 1 amide bonds. The lowest BCUT2D eigenvalue weighted by atomic mass is 10.0. The van der Waals surface area contributed by atoms with Crippen LogP contribution in [0.25, 0.3) is 11.0 Å². The molecule has 5 rings (SSSR count). The number of para-hydroxylation sites is 2. The van der Waals surface area contributed by atoms with E-state index in [-0.39, 0.29) is 11.9 Å². The molecule has 5 heteroatoms. The summed E-state index contributed by atoms with van der Waals surface area (Å²) < 4.78 is 0.797. The molecule has 36 heavy (non-hydrogen) atoms. The van der Waals surface area contributed by atoms with Gasteiger partial charge < -0.3 is 9.88 Å². The van der Waals surface area contributed by atoms with Crippen LogP contribution in [0.1, 0.15) is 39.8 Å². The number of hydrogen-bond donors (Lipinski definition) is 1. The molecule has 0 fully saturated rings. The van der Waals surface area contributed by atoms with Crippen LogP contribution >= 0.6 is 15.9 Å². The average Bonchev–Trinajstić information content (AvgIpc) is 3.35. The van der Waals surface area contributed by atoms with Crippen molar-refractivity contribution in [1.29, 1.82) is 0 Å². The van der Waals surface area contributed by atoms with Gasteiger partial charge in [-0.2, -0.15) is 0 Å². The van der Waals surface area contributed by atoms with Crippen LogP contribution < -0.4 is 0 Å². The van der Waals surface area contributed by atoms with Gasteiger partial charge in [0.2, 0.25) is 0 Å². The zero-order valence-electron chi connectivity index (χ0n) is 20.0. The Kier molecular flexibility index (Phi) is 7.58. The number of nitrogens with one attached hydrogen (secondary N) is 1. The first-order valence-electron chi connectivity index (χ1n) is 12.3. The molecule has 0 spiro atoms. The van der Waals surface area contributed by atoms with Crippen molar-refractivity contribution in [3.63, 3.8) is 0 Å². The van der Waals surface area contributed by atoms with E-state index >= 15 is 0 Å². The SMILES string of the molecule is O=C(c1ccccc1Br)N(CCc1ccccc1)C(CCc1ccccc1)c1nc2ccccc2[nH]1. The molecule has 0 bridgehead atoms. The normalized spacial score (nSPS) is 11.9. The summed E-state index contributed by atoms with van der Waals surface area (Å²) in [5.41, 5.74) is 5.00. The van der Waals surface area contributed by atoms with Crippen LogP contribution in [0.15, 0.2) is 114 Å². The Morgan fingerprint density at radius 2 is 1.39 bits per heavy atom. The quantitative estimate of drug-likeness (QED) is 0.213. The van der Waals surface area contributed by atoms with E-state index in [1.54, 1.807) is 0 Å². The highest BCUT2D eigenvalue weighted by atomic mass is 79.9. The average molecular weight is 538 g/mol. The molecule has 4 aromatic carbocycles.